The summed E-state index contributed by atoms with van der Waals surface area (Å²) in [6.45, 7) is 4.19. The normalized spacial score (nSPS) is 14.0. The van der Waals surface area contributed by atoms with Crippen LogP contribution in [-0.2, 0) is 0 Å². The van der Waals surface area contributed by atoms with E-state index in [1.807, 2.05) is 0 Å². The number of nitrogens with two attached hydrogens (primary N) is 1. The number of aliphatic hydroxyl groups is 3. The SMILES string of the molecule is CCCCCCCCC(O)C(CCCCCCCCN)N(CCO)CCO. The van der Waals surface area contributed by atoms with Crippen molar-refractivity contribution < 1.29 is 15.3 Å². The molecule has 2 atom stereocenters. The van der Waals surface area contributed by atoms with Gasteiger partial charge in [-0.15, -0.1) is 0 Å². The summed E-state index contributed by atoms with van der Waals surface area (Å²) in [5, 5.41) is 29.5. The third-order valence-electron chi connectivity index (χ3n) is 5.50. The molecule has 5 heteroatoms. The smallest absolute Gasteiger partial charge is 0.0695 e. The van der Waals surface area contributed by atoms with E-state index in [0.717, 1.165) is 38.6 Å². The summed E-state index contributed by atoms with van der Waals surface area (Å²) in [6, 6.07) is 0.0454. The summed E-state index contributed by atoms with van der Waals surface area (Å²) in [5.74, 6) is 0. The van der Waals surface area contributed by atoms with Crippen molar-refractivity contribution in [3.05, 3.63) is 0 Å². The summed E-state index contributed by atoms with van der Waals surface area (Å²) in [7, 11) is 0. The van der Waals surface area contributed by atoms with Gasteiger partial charge in [0.25, 0.3) is 0 Å². The molecule has 0 aliphatic rings. The number of unbranched alkanes of at least 4 members (excludes halogenated alkanes) is 10. The van der Waals surface area contributed by atoms with E-state index < -0.39 is 0 Å². The largest absolute Gasteiger partial charge is 0.395 e. The first kappa shape index (κ1) is 26.8. The minimum absolute atomic E-state index is 0.0454. The maximum atomic E-state index is 10.8. The first-order valence-corrected chi connectivity index (χ1v) is 11.5. The Kier molecular flexibility index (Phi) is 20.4. The molecule has 0 fully saturated rings. The van der Waals surface area contributed by atoms with Crippen LogP contribution in [0.15, 0.2) is 0 Å². The second-order valence-electron chi connectivity index (χ2n) is 7.87. The molecule has 0 aliphatic carbocycles. The Labute approximate surface area is 168 Å². The Balaban J connectivity index is 4.32. The van der Waals surface area contributed by atoms with Gasteiger partial charge in [0.2, 0.25) is 0 Å². The zero-order valence-electron chi connectivity index (χ0n) is 18.0. The van der Waals surface area contributed by atoms with E-state index in [9.17, 15) is 15.3 Å². The molecule has 27 heavy (non-hydrogen) atoms. The highest BCUT2D eigenvalue weighted by molar-refractivity contribution is 4.79. The van der Waals surface area contributed by atoms with Crippen LogP contribution in [0.25, 0.3) is 0 Å². The summed E-state index contributed by atoms with van der Waals surface area (Å²) < 4.78 is 0. The van der Waals surface area contributed by atoms with E-state index in [2.05, 4.69) is 11.8 Å². The van der Waals surface area contributed by atoms with Gasteiger partial charge in [-0.1, -0.05) is 77.6 Å². The van der Waals surface area contributed by atoms with Crippen LogP contribution in [0.2, 0.25) is 0 Å². The van der Waals surface area contributed by atoms with Crippen LogP contribution >= 0.6 is 0 Å². The van der Waals surface area contributed by atoms with Crippen LogP contribution in [0.3, 0.4) is 0 Å². The standard InChI is InChI=1S/C22H48N2O3/c1-2-3-4-5-9-12-15-22(27)21(24(17-19-25)18-20-26)14-11-8-6-7-10-13-16-23/h21-22,25-27H,2-20,23H2,1H3. The van der Waals surface area contributed by atoms with E-state index in [-0.39, 0.29) is 25.4 Å². The number of nitrogens with zero attached hydrogens (tertiary/aromatic N) is 1. The van der Waals surface area contributed by atoms with Crippen molar-refractivity contribution in [1.29, 1.82) is 0 Å². The summed E-state index contributed by atoms with van der Waals surface area (Å²) in [6.07, 6.45) is 15.8. The lowest BCUT2D eigenvalue weighted by Crippen LogP contribution is -2.46. The molecule has 0 saturated carbocycles. The Morgan fingerprint density at radius 1 is 0.704 bits per heavy atom. The van der Waals surface area contributed by atoms with E-state index in [0.29, 0.717) is 13.1 Å². The van der Waals surface area contributed by atoms with Gasteiger partial charge in [0.15, 0.2) is 0 Å². The van der Waals surface area contributed by atoms with Crippen molar-refractivity contribution in [2.24, 2.45) is 5.73 Å². The zero-order valence-corrected chi connectivity index (χ0v) is 18.0. The maximum absolute atomic E-state index is 10.8. The molecule has 0 heterocycles. The maximum Gasteiger partial charge on any atom is 0.0695 e. The Bertz CT molecular complexity index is 287. The zero-order chi connectivity index (χ0) is 20.2. The van der Waals surface area contributed by atoms with E-state index in [4.69, 9.17) is 5.73 Å². The summed E-state index contributed by atoms with van der Waals surface area (Å²) in [4.78, 5) is 2.08. The lowest BCUT2D eigenvalue weighted by atomic mass is 9.96. The van der Waals surface area contributed by atoms with E-state index >= 15 is 0 Å². The monoisotopic (exact) mass is 388 g/mol. The highest BCUT2D eigenvalue weighted by Gasteiger charge is 2.24. The molecule has 0 radical (unpaired) electrons. The van der Waals surface area contributed by atoms with Crippen LogP contribution in [0.5, 0.6) is 0 Å². The molecule has 0 aromatic heterocycles. The Morgan fingerprint density at radius 3 is 1.70 bits per heavy atom. The van der Waals surface area contributed by atoms with Gasteiger partial charge in [0.05, 0.1) is 19.3 Å². The highest BCUT2D eigenvalue weighted by Crippen LogP contribution is 2.19. The average molecular weight is 389 g/mol. The van der Waals surface area contributed by atoms with Gasteiger partial charge in [0, 0.05) is 19.1 Å². The molecule has 0 rings (SSSR count). The van der Waals surface area contributed by atoms with Crippen molar-refractivity contribution in [3.63, 3.8) is 0 Å². The Morgan fingerprint density at radius 2 is 1.19 bits per heavy atom. The highest BCUT2D eigenvalue weighted by atomic mass is 16.3. The summed E-state index contributed by atoms with van der Waals surface area (Å²) in [5.41, 5.74) is 5.53. The molecule has 0 saturated heterocycles. The Hall–Kier alpha value is -0.200. The lowest BCUT2D eigenvalue weighted by molar-refractivity contribution is 0.0194. The summed E-state index contributed by atoms with van der Waals surface area (Å²) >= 11 is 0. The van der Waals surface area contributed by atoms with E-state index in [1.165, 1.54) is 57.8 Å². The molecule has 0 spiro atoms. The fourth-order valence-corrected chi connectivity index (χ4v) is 3.85. The molecular weight excluding hydrogens is 340 g/mol. The van der Waals surface area contributed by atoms with Gasteiger partial charge in [-0.3, -0.25) is 4.90 Å². The minimum Gasteiger partial charge on any atom is -0.395 e. The van der Waals surface area contributed by atoms with Crippen LogP contribution in [0.4, 0.5) is 0 Å². The fraction of sp³-hybridized carbons (Fsp3) is 1.00. The third kappa shape index (κ3) is 15.4. The molecule has 0 aliphatic heterocycles. The molecule has 0 bridgehead atoms. The number of hydrogen-bond acceptors (Lipinski definition) is 5. The van der Waals surface area contributed by atoms with Crippen molar-refractivity contribution in [3.8, 4) is 0 Å². The molecule has 5 nitrogen and oxygen atoms in total. The molecule has 0 amide bonds. The van der Waals surface area contributed by atoms with Crippen LogP contribution in [0.1, 0.15) is 96.8 Å². The van der Waals surface area contributed by atoms with Gasteiger partial charge in [-0.2, -0.15) is 0 Å². The molecule has 2 unspecified atom stereocenters. The van der Waals surface area contributed by atoms with Gasteiger partial charge in [-0.25, -0.2) is 0 Å². The lowest BCUT2D eigenvalue weighted by Gasteiger charge is -2.34. The molecular formula is C22H48N2O3. The first-order valence-electron chi connectivity index (χ1n) is 11.5. The third-order valence-corrected chi connectivity index (χ3v) is 5.50. The van der Waals surface area contributed by atoms with Gasteiger partial charge >= 0.3 is 0 Å². The van der Waals surface area contributed by atoms with Crippen molar-refractivity contribution in [1.82, 2.24) is 4.90 Å². The minimum atomic E-state index is -0.369. The predicted octanol–water partition coefficient (Wildman–Crippen LogP) is 3.44. The molecule has 0 aromatic carbocycles. The first-order chi connectivity index (χ1) is 13.2. The van der Waals surface area contributed by atoms with Crippen molar-refractivity contribution in [2.75, 3.05) is 32.8 Å². The number of rotatable bonds is 21. The van der Waals surface area contributed by atoms with Crippen LogP contribution in [-0.4, -0.2) is 65.2 Å². The molecule has 5 N–H and O–H groups in total. The second-order valence-corrected chi connectivity index (χ2v) is 7.87. The topological polar surface area (TPSA) is 90.0 Å². The quantitative estimate of drug-likeness (QED) is 0.226. The van der Waals surface area contributed by atoms with Crippen LogP contribution in [0, 0.1) is 0 Å². The van der Waals surface area contributed by atoms with Gasteiger partial charge in [-0.05, 0) is 25.8 Å². The fourth-order valence-electron chi connectivity index (χ4n) is 3.85. The predicted molar refractivity (Wildman–Crippen MR) is 115 cm³/mol. The van der Waals surface area contributed by atoms with Crippen molar-refractivity contribution >= 4 is 0 Å². The van der Waals surface area contributed by atoms with Crippen LogP contribution < -0.4 is 5.73 Å². The van der Waals surface area contributed by atoms with Gasteiger partial charge < -0.3 is 21.1 Å². The second kappa shape index (κ2) is 20.5. The average Bonchev–Trinajstić information content (AvgIpc) is 2.66. The molecule has 164 valence electrons. The number of hydrogen-bond donors (Lipinski definition) is 4. The molecule has 0 aromatic rings. The van der Waals surface area contributed by atoms with E-state index in [1.54, 1.807) is 0 Å². The number of aliphatic hydroxyl groups excluding tert-OH is 3. The van der Waals surface area contributed by atoms with Gasteiger partial charge in [0.1, 0.15) is 0 Å². The van der Waals surface area contributed by atoms with Crippen molar-refractivity contribution in [2.45, 2.75) is 109 Å².